The molecule has 1 N–H and O–H groups in total. The van der Waals surface area contributed by atoms with E-state index < -0.39 is 0 Å². The van der Waals surface area contributed by atoms with Gasteiger partial charge in [0.05, 0.1) is 12.6 Å². The average molecular weight is 155 g/mol. The van der Waals surface area contributed by atoms with E-state index in [0.717, 1.165) is 0 Å². The van der Waals surface area contributed by atoms with Crippen LogP contribution in [0.25, 0.3) is 0 Å². The van der Waals surface area contributed by atoms with Crippen LogP contribution in [0, 0.1) is 0 Å². The number of β-amino-alcohol motifs (C(OH)–C–C–N with tert-alkyl or cyclic N) is 1. The molecular weight excluding hydrogens is 146 g/mol. The van der Waals surface area contributed by atoms with Crippen molar-refractivity contribution in [2.24, 2.45) is 0 Å². The molecule has 5 nitrogen and oxygen atoms in total. The molecule has 2 heterocycles. The minimum absolute atomic E-state index is 0.165. The normalized spacial score (nSPS) is 20.1. The zero-order valence-electron chi connectivity index (χ0n) is 5.97. The van der Waals surface area contributed by atoms with Gasteiger partial charge in [-0.25, -0.2) is 0 Å². The van der Waals surface area contributed by atoms with Crippen molar-refractivity contribution in [3.63, 3.8) is 0 Å². The fourth-order valence-electron chi connectivity index (χ4n) is 1.13. The van der Waals surface area contributed by atoms with Gasteiger partial charge in [0, 0.05) is 13.1 Å². The van der Waals surface area contributed by atoms with E-state index in [9.17, 15) is 0 Å². The van der Waals surface area contributed by atoms with Crippen LogP contribution in [-0.2, 0) is 6.54 Å². The summed E-state index contributed by atoms with van der Waals surface area (Å²) in [6.07, 6.45) is 1.15. The molecule has 0 amide bonds. The molecule has 60 valence electrons. The van der Waals surface area contributed by atoms with Gasteiger partial charge < -0.3 is 9.63 Å². The van der Waals surface area contributed by atoms with Gasteiger partial charge in [-0.2, -0.15) is 4.98 Å². The molecule has 5 heteroatoms. The monoisotopic (exact) mass is 155 g/mol. The first kappa shape index (κ1) is 6.75. The third-order valence-electron chi connectivity index (χ3n) is 1.71. The molecule has 1 saturated heterocycles. The smallest absolute Gasteiger partial charge is 0.213 e. The van der Waals surface area contributed by atoms with E-state index >= 15 is 0 Å². The van der Waals surface area contributed by atoms with Crippen LogP contribution in [0.5, 0.6) is 0 Å². The first-order valence-corrected chi connectivity index (χ1v) is 3.50. The Labute approximate surface area is 63.6 Å². The molecule has 0 spiro atoms. The van der Waals surface area contributed by atoms with Crippen molar-refractivity contribution in [3.8, 4) is 0 Å². The molecule has 1 aliphatic heterocycles. The van der Waals surface area contributed by atoms with Gasteiger partial charge in [0.1, 0.15) is 0 Å². The number of aliphatic hydroxyl groups is 1. The fraction of sp³-hybridized carbons (Fsp3) is 0.667. The molecule has 0 saturated carbocycles. The van der Waals surface area contributed by atoms with Gasteiger partial charge in [0.15, 0.2) is 5.82 Å². The Balaban J connectivity index is 1.84. The fourth-order valence-corrected chi connectivity index (χ4v) is 1.13. The van der Waals surface area contributed by atoms with E-state index in [-0.39, 0.29) is 6.10 Å². The highest BCUT2D eigenvalue weighted by molar-refractivity contribution is 4.85. The molecule has 0 atom stereocenters. The number of likely N-dealkylation sites (tertiary alicyclic amines) is 1. The van der Waals surface area contributed by atoms with Crippen molar-refractivity contribution >= 4 is 0 Å². The quantitative estimate of drug-likeness (QED) is 0.608. The first-order valence-electron chi connectivity index (χ1n) is 3.50. The summed E-state index contributed by atoms with van der Waals surface area (Å²) in [6, 6.07) is 0. The third kappa shape index (κ3) is 1.38. The maximum Gasteiger partial charge on any atom is 0.213 e. The Morgan fingerprint density at radius 3 is 3.09 bits per heavy atom. The lowest BCUT2D eigenvalue weighted by molar-refractivity contribution is -0.00461. The van der Waals surface area contributed by atoms with Crippen LogP contribution in [0.3, 0.4) is 0 Å². The Kier molecular flexibility index (Phi) is 1.59. The maximum absolute atomic E-state index is 8.94. The summed E-state index contributed by atoms with van der Waals surface area (Å²) in [7, 11) is 0. The second-order valence-corrected chi connectivity index (χ2v) is 2.70. The highest BCUT2D eigenvalue weighted by Crippen LogP contribution is 2.09. The van der Waals surface area contributed by atoms with Crippen molar-refractivity contribution in [3.05, 3.63) is 12.2 Å². The highest BCUT2D eigenvalue weighted by Gasteiger charge is 2.24. The van der Waals surface area contributed by atoms with Crippen LogP contribution in [0.15, 0.2) is 10.9 Å². The predicted octanol–water partition coefficient (Wildman–Crippen LogP) is -0.754. The van der Waals surface area contributed by atoms with Gasteiger partial charge in [0.25, 0.3) is 0 Å². The molecule has 0 radical (unpaired) electrons. The van der Waals surface area contributed by atoms with Gasteiger partial charge in [-0.05, 0) is 0 Å². The average Bonchev–Trinajstić information content (AvgIpc) is 2.36. The Bertz CT molecular complexity index is 218. The van der Waals surface area contributed by atoms with Crippen molar-refractivity contribution in [2.45, 2.75) is 12.6 Å². The van der Waals surface area contributed by atoms with Gasteiger partial charge in [-0.15, -0.1) is 0 Å². The summed E-state index contributed by atoms with van der Waals surface area (Å²) in [6.45, 7) is 2.11. The first-order chi connectivity index (χ1) is 5.34. The molecular formula is C6H9N3O2. The molecule has 11 heavy (non-hydrogen) atoms. The van der Waals surface area contributed by atoms with Gasteiger partial charge in [-0.1, -0.05) is 5.16 Å². The zero-order chi connectivity index (χ0) is 7.68. The third-order valence-corrected chi connectivity index (χ3v) is 1.71. The van der Waals surface area contributed by atoms with Gasteiger partial charge >= 0.3 is 0 Å². The van der Waals surface area contributed by atoms with Crippen LogP contribution < -0.4 is 0 Å². The Hall–Kier alpha value is -0.940. The summed E-state index contributed by atoms with van der Waals surface area (Å²) in [5.41, 5.74) is 0. The second-order valence-electron chi connectivity index (χ2n) is 2.70. The predicted molar refractivity (Wildman–Crippen MR) is 35.6 cm³/mol. The highest BCUT2D eigenvalue weighted by atomic mass is 16.5. The summed E-state index contributed by atoms with van der Waals surface area (Å²) in [5.74, 6) is 0.678. The van der Waals surface area contributed by atoms with Crippen LogP contribution in [0.1, 0.15) is 5.82 Å². The largest absolute Gasteiger partial charge is 0.390 e. The van der Waals surface area contributed by atoms with Crippen LogP contribution in [-0.4, -0.2) is 39.3 Å². The second kappa shape index (κ2) is 2.60. The lowest BCUT2D eigenvalue weighted by Gasteiger charge is -2.34. The van der Waals surface area contributed by atoms with Crippen LogP contribution >= 0.6 is 0 Å². The van der Waals surface area contributed by atoms with E-state index in [4.69, 9.17) is 5.11 Å². The maximum atomic E-state index is 8.94. The van der Waals surface area contributed by atoms with E-state index in [2.05, 4.69) is 19.6 Å². The number of rotatable bonds is 2. The summed E-state index contributed by atoms with van der Waals surface area (Å²) in [5, 5.41) is 12.6. The number of hydrogen-bond donors (Lipinski definition) is 1. The molecule has 2 rings (SSSR count). The lowest BCUT2D eigenvalue weighted by Crippen LogP contribution is -2.49. The number of aromatic nitrogens is 2. The molecule has 1 fully saturated rings. The minimum Gasteiger partial charge on any atom is -0.390 e. The Morgan fingerprint density at radius 1 is 1.73 bits per heavy atom. The van der Waals surface area contributed by atoms with Crippen molar-refractivity contribution in [1.82, 2.24) is 15.0 Å². The topological polar surface area (TPSA) is 62.4 Å². The SMILES string of the molecule is OC1CN(Cc2ncon2)C1. The lowest BCUT2D eigenvalue weighted by atomic mass is 10.2. The molecule has 0 aliphatic carbocycles. The Morgan fingerprint density at radius 2 is 2.55 bits per heavy atom. The molecule has 1 aromatic rings. The summed E-state index contributed by atoms with van der Waals surface area (Å²) in [4.78, 5) is 5.91. The van der Waals surface area contributed by atoms with Crippen LogP contribution in [0.2, 0.25) is 0 Å². The van der Waals surface area contributed by atoms with Crippen LogP contribution in [0.4, 0.5) is 0 Å². The van der Waals surface area contributed by atoms with Crippen molar-refractivity contribution in [2.75, 3.05) is 13.1 Å². The van der Waals surface area contributed by atoms with E-state index in [0.29, 0.717) is 25.5 Å². The molecule has 1 aromatic heterocycles. The molecule has 0 aromatic carbocycles. The van der Waals surface area contributed by atoms with E-state index in [1.807, 2.05) is 0 Å². The molecule has 0 unspecified atom stereocenters. The van der Waals surface area contributed by atoms with Gasteiger partial charge in [-0.3, -0.25) is 4.90 Å². The standard InChI is InChI=1S/C6H9N3O2/c10-5-1-9(2-5)3-6-7-4-11-8-6/h4-5,10H,1-3H2. The number of aliphatic hydroxyl groups excluding tert-OH is 1. The molecule has 1 aliphatic rings. The summed E-state index contributed by atoms with van der Waals surface area (Å²) >= 11 is 0. The minimum atomic E-state index is -0.165. The van der Waals surface area contributed by atoms with Crippen molar-refractivity contribution in [1.29, 1.82) is 0 Å². The van der Waals surface area contributed by atoms with Crippen molar-refractivity contribution < 1.29 is 9.63 Å². The number of hydrogen-bond acceptors (Lipinski definition) is 5. The van der Waals surface area contributed by atoms with E-state index in [1.165, 1.54) is 6.39 Å². The molecule has 0 bridgehead atoms. The van der Waals surface area contributed by atoms with E-state index in [1.54, 1.807) is 0 Å². The zero-order valence-corrected chi connectivity index (χ0v) is 5.97. The van der Waals surface area contributed by atoms with Gasteiger partial charge in [0.2, 0.25) is 6.39 Å². The summed E-state index contributed by atoms with van der Waals surface area (Å²) < 4.78 is 4.56. The number of nitrogens with zero attached hydrogens (tertiary/aromatic N) is 3.